The second kappa shape index (κ2) is 16.4. The highest BCUT2D eigenvalue weighted by atomic mass is 79.9. The number of benzene rings is 1. The molecule has 3 rings (SSSR count). The van der Waals surface area contributed by atoms with Crippen molar-refractivity contribution in [3.8, 4) is 0 Å². The normalized spacial score (nSPS) is 14.8. The summed E-state index contributed by atoms with van der Waals surface area (Å²) in [7, 11) is -3.98. The van der Waals surface area contributed by atoms with Gasteiger partial charge in [-0.05, 0) is 74.5 Å². The van der Waals surface area contributed by atoms with Crippen LogP contribution in [-0.2, 0) is 29.1 Å². The van der Waals surface area contributed by atoms with Crippen LogP contribution < -0.4 is 15.5 Å². The predicted molar refractivity (Wildman–Crippen MR) is 145 cm³/mol. The molecule has 0 radical (unpaired) electrons. The first kappa shape index (κ1) is 36.3. The Morgan fingerprint density at radius 2 is 1.74 bits per heavy atom. The Labute approximate surface area is 237 Å². The first-order chi connectivity index (χ1) is 17.5. The molecule has 0 bridgehead atoms. The number of nitrogens with one attached hydrogen (secondary N) is 3. The van der Waals surface area contributed by atoms with Crippen LogP contribution in [0.25, 0.3) is 0 Å². The van der Waals surface area contributed by atoms with Gasteiger partial charge in [0, 0.05) is 22.1 Å². The van der Waals surface area contributed by atoms with Crippen molar-refractivity contribution in [2.45, 2.75) is 57.5 Å². The Morgan fingerprint density at radius 1 is 1.10 bits per heavy atom. The van der Waals surface area contributed by atoms with Crippen LogP contribution in [0.15, 0.2) is 33.6 Å². The average molecular weight is 644 g/mol. The van der Waals surface area contributed by atoms with Crippen molar-refractivity contribution >= 4 is 44.3 Å². The maximum absolute atomic E-state index is 11.9. The van der Waals surface area contributed by atoms with E-state index in [4.69, 9.17) is 9.47 Å². The van der Waals surface area contributed by atoms with Crippen molar-refractivity contribution in [3.05, 3.63) is 28.7 Å². The molecule has 0 aromatic heterocycles. The number of cyclic esters (lactones) is 2. The summed E-state index contributed by atoms with van der Waals surface area (Å²) in [4.78, 5) is 40.0. The molecule has 1 aromatic carbocycles. The van der Waals surface area contributed by atoms with Gasteiger partial charge in [0.05, 0.1) is 18.0 Å². The van der Waals surface area contributed by atoms with Crippen molar-refractivity contribution in [2.24, 2.45) is 0 Å². The third kappa shape index (κ3) is 14.9. The zero-order valence-electron chi connectivity index (χ0n) is 23.0. The quantitative estimate of drug-likeness (QED) is 0.179. The summed E-state index contributed by atoms with van der Waals surface area (Å²) in [5.41, 5.74) is -0.192. The molecular formula is C23H39BrN4O10S. The summed E-state index contributed by atoms with van der Waals surface area (Å²) in [6.45, 7) is 14.9. The molecule has 1 aromatic rings. The Morgan fingerprint density at radius 3 is 2.15 bits per heavy atom. The first-order valence-corrected chi connectivity index (χ1v) is 14.0. The average Bonchev–Trinajstić information content (AvgIpc) is 3.46. The van der Waals surface area contributed by atoms with Gasteiger partial charge in [-0.15, -0.1) is 0 Å². The maximum Gasteiger partial charge on any atom is 0.528 e. The van der Waals surface area contributed by atoms with Crippen molar-refractivity contribution in [3.63, 3.8) is 0 Å². The van der Waals surface area contributed by atoms with Gasteiger partial charge in [0.15, 0.2) is 0 Å². The molecule has 5 N–H and O–H groups in total. The van der Waals surface area contributed by atoms with E-state index in [1.807, 2.05) is 41.5 Å². The van der Waals surface area contributed by atoms with Gasteiger partial charge in [0.1, 0.15) is 19.8 Å². The van der Waals surface area contributed by atoms with Crippen molar-refractivity contribution < 1.29 is 47.3 Å². The largest absolute Gasteiger partial charge is 0.528 e. The lowest BCUT2D eigenvalue weighted by Gasteiger charge is -2.28. The number of carbonyl (C=O) groups excluding carboxylic acids is 3. The van der Waals surface area contributed by atoms with E-state index >= 15 is 0 Å². The second-order valence-electron chi connectivity index (χ2n) is 9.89. The van der Waals surface area contributed by atoms with Gasteiger partial charge in [0.25, 0.3) is 10.0 Å². The number of ether oxygens (including phenoxy) is 3. The van der Waals surface area contributed by atoms with E-state index in [1.165, 1.54) is 6.07 Å². The van der Waals surface area contributed by atoms with Crippen molar-refractivity contribution in [1.82, 2.24) is 20.4 Å². The summed E-state index contributed by atoms with van der Waals surface area (Å²) in [6.07, 6.45) is -1.60. The number of alkyl carbamates (subject to hydrolysis) is 1. The number of rotatable bonds is 6. The zero-order valence-corrected chi connectivity index (χ0v) is 25.4. The number of nitrogens with zero attached hydrogens (tertiary/aromatic N) is 1. The fourth-order valence-electron chi connectivity index (χ4n) is 2.74. The Kier molecular flexibility index (Phi) is 15.3. The van der Waals surface area contributed by atoms with Crippen LogP contribution in [0.2, 0.25) is 0 Å². The smallest absolute Gasteiger partial charge is 0.448 e. The molecule has 2 heterocycles. The van der Waals surface area contributed by atoms with Crippen LogP contribution in [0.5, 0.6) is 0 Å². The number of hydrogen-bond donors (Lipinski definition) is 3. The number of carbonyl (C=O) groups is 3. The van der Waals surface area contributed by atoms with Crippen LogP contribution in [0.1, 0.15) is 41.5 Å². The lowest BCUT2D eigenvalue weighted by atomic mass is 10.1. The fraction of sp³-hybridized carbons (Fsp3) is 0.609. The summed E-state index contributed by atoms with van der Waals surface area (Å²) >= 11 is 3.11. The highest BCUT2D eigenvalue weighted by molar-refractivity contribution is 9.10. The Bertz CT molecular complexity index is 1030. The number of sulfonamides is 1. The summed E-state index contributed by atoms with van der Waals surface area (Å²) in [6, 6.07) is 6.15. The molecule has 0 saturated carbocycles. The third-order valence-corrected chi connectivity index (χ3v) is 6.71. The molecule has 2 aliphatic heterocycles. The second-order valence-corrected chi connectivity index (χ2v) is 12.4. The van der Waals surface area contributed by atoms with E-state index in [9.17, 15) is 22.8 Å². The van der Waals surface area contributed by atoms with Gasteiger partial charge in [-0.2, -0.15) is 0 Å². The molecule has 0 spiro atoms. The lowest BCUT2D eigenvalue weighted by Crippen LogP contribution is -2.41. The minimum atomic E-state index is -3.98. The molecule has 2 fully saturated rings. The molecule has 14 nitrogen and oxygen atoms in total. The van der Waals surface area contributed by atoms with Crippen LogP contribution in [0.3, 0.4) is 0 Å². The molecule has 39 heavy (non-hydrogen) atoms. The molecule has 2 saturated heterocycles. The van der Waals surface area contributed by atoms with Gasteiger partial charge in [-0.25, -0.2) is 22.8 Å². The van der Waals surface area contributed by atoms with E-state index in [-0.39, 0.29) is 40.2 Å². The summed E-state index contributed by atoms with van der Waals surface area (Å²) < 4.78 is 38.1. The lowest BCUT2D eigenvalue weighted by molar-refractivity contribution is 0.0390. The molecule has 0 unspecified atom stereocenters. The summed E-state index contributed by atoms with van der Waals surface area (Å²) in [5.74, 6) is 0. The van der Waals surface area contributed by atoms with E-state index in [1.54, 1.807) is 28.0 Å². The van der Waals surface area contributed by atoms with Crippen molar-refractivity contribution in [1.29, 1.82) is 0 Å². The number of halogens is 1. The topological polar surface area (TPSA) is 193 Å². The van der Waals surface area contributed by atoms with Crippen LogP contribution in [0, 0.1) is 0 Å². The van der Waals surface area contributed by atoms with E-state index in [0.29, 0.717) is 30.8 Å². The maximum atomic E-state index is 11.9. The Balaban J connectivity index is 0.000000692. The molecule has 0 atom stereocenters. The molecule has 16 heteroatoms. The van der Waals surface area contributed by atoms with Crippen LogP contribution in [0.4, 0.5) is 14.4 Å². The third-order valence-electron chi connectivity index (χ3n) is 4.51. The van der Waals surface area contributed by atoms with E-state index in [0.717, 1.165) is 6.54 Å². The minimum absolute atomic E-state index is 0. The predicted octanol–water partition coefficient (Wildman–Crippen LogP) is 2.32. The number of amides is 2. The number of hydrogen-bond acceptors (Lipinski definition) is 10. The van der Waals surface area contributed by atoms with Gasteiger partial charge in [0.2, 0.25) is 0 Å². The molecule has 2 amide bonds. The monoisotopic (exact) mass is 642 g/mol. The first-order valence-electron chi connectivity index (χ1n) is 11.7. The van der Waals surface area contributed by atoms with Gasteiger partial charge >= 0.3 is 18.3 Å². The van der Waals surface area contributed by atoms with Gasteiger partial charge in [-0.3, -0.25) is 4.90 Å². The van der Waals surface area contributed by atoms with E-state index < -0.39 is 16.2 Å². The van der Waals surface area contributed by atoms with Gasteiger partial charge < -0.3 is 35.2 Å². The molecule has 224 valence electrons. The van der Waals surface area contributed by atoms with Crippen LogP contribution >= 0.6 is 15.9 Å². The van der Waals surface area contributed by atoms with Crippen LogP contribution in [-0.4, -0.2) is 87.7 Å². The fourth-order valence-corrected chi connectivity index (χ4v) is 4.51. The van der Waals surface area contributed by atoms with E-state index in [2.05, 4.69) is 36.1 Å². The molecular weight excluding hydrogens is 604 g/mol. The molecule has 0 aliphatic carbocycles. The molecule has 2 aliphatic rings. The zero-order chi connectivity index (χ0) is 29.0. The van der Waals surface area contributed by atoms with Gasteiger partial charge in [-0.1, -0.05) is 12.1 Å². The van der Waals surface area contributed by atoms with Crippen molar-refractivity contribution in [2.75, 3.05) is 39.5 Å². The highest BCUT2D eigenvalue weighted by Gasteiger charge is 2.31. The summed E-state index contributed by atoms with van der Waals surface area (Å²) in [5, 5.41) is 5.56. The highest BCUT2D eigenvalue weighted by Crippen LogP contribution is 2.20. The minimum Gasteiger partial charge on any atom is -0.448 e. The Hall–Kier alpha value is -2.66. The SMILES string of the molecule is CC(C)(C)N1CCOC1=O.CC(C)(C)NCCOC(=O)ONS(=O)(=O)c1ccccc1Br.O.O=C1NCCO1. The standard InChI is InChI=1S/C13H19BrN2O5S.C7H13NO2.C3H5NO2.H2O/c1-13(2,3)15-8-9-20-12(17)21-16-22(18,19)11-7-5-4-6-10(11)14;1-7(2,3)8-4-5-10-6(8)9;5-3-4-1-2-6-3;/h4-7,15-16H,8-9H2,1-3H3;4-5H2,1-3H3;1-2H2,(H,4,5);1H2.